The smallest absolute Gasteiger partial charge is 0.298 e. The fourth-order valence-electron chi connectivity index (χ4n) is 4.05. The third kappa shape index (κ3) is 4.06. The predicted molar refractivity (Wildman–Crippen MR) is 137 cm³/mol. The number of aromatic nitrogens is 6. The number of hydrogen-bond donors (Lipinski definition) is 1. The number of nitrogens with zero attached hydrogens (tertiary/aromatic N) is 6. The van der Waals surface area contributed by atoms with E-state index in [0.717, 1.165) is 35.3 Å². The molecule has 9 heteroatoms. The Bertz CT molecular complexity index is 1630. The lowest BCUT2D eigenvalue weighted by atomic mass is 10.1. The highest BCUT2D eigenvalue weighted by Gasteiger charge is 2.24. The van der Waals surface area contributed by atoms with Crippen molar-refractivity contribution in [3.63, 3.8) is 0 Å². The van der Waals surface area contributed by atoms with E-state index in [1.54, 1.807) is 24.5 Å². The fraction of sp³-hybridized carbons (Fsp3) is 0.192. The van der Waals surface area contributed by atoms with E-state index in [1.165, 1.54) is 4.68 Å². The van der Waals surface area contributed by atoms with Crippen LogP contribution in [0.25, 0.3) is 27.8 Å². The van der Waals surface area contributed by atoms with Gasteiger partial charge in [0.1, 0.15) is 17.0 Å². The van der Waals surface area contributed by atoms with Crippen molar-refractivity contribution in [3.8, 4) is 16.9 Å². The molecule has 4 heterocycles. The molecule has 174 valence electrons. The van der Waals surface area contributed by atoms with E-state index in [2.05, 4.69) is 20.4 Å². The van der Waals surface area contributed by atoms with Crippen molar-refractivity contribution >= 4 is 34.0 Å². The Morgan fingerprint density at radius 2 is 1.89 bits per heavy atom. The molecule has 0 spiro atoms. The van der Waals surface area contributed by atoms with Gasteiger partial charge in [-0.05, 0) is 56.5 Å². The molecule has 6 rings (SSSR count). The minimum Gasteiger partial charge on any atom is -0.338 e. The molecule has 8 nitrogen and oxygen atoms in total. The first-order valence-electron chi connectivity index (χ1n) is 11.4. The van der Waals surface area contributed by atoms with Crippen LogP contribution in [0.1, 0.15) is 30.1 Å². The summed E-state index contributed by atoms with van der Waals surface area (Å²) in [6.45, 7) is 3.88. The molecule has 35 heavy (non-hydrogen) atoms. The summed E-state index contributed by atoms with van der Waals surface area (Å²) < 4.78 is 3.35. The zero-order chi connectivity index (χ0) is 24.1. The third-order valence-electron chi connectivity index (χ3n) is 6.22. The lowest BCUT2D eigenvalue weighted by Gasteiger charge is -2.13. The molecule has 0 bridgehead atoms. The summed E-state index contributed by atoms with van der Waals surface area (Å²) in [5.41, 5.74) is 4.80. The summed E-state index contributed by atoms with van der Waals surface area (Å²) >= 11 is 6.11. The van der Waals surface area contributed by atoms with Gasteiger partial charge in [0, 0.05) is 40.1 Å². The van der Waals surface area contributed by atoms with Gasteiger partial charge in [-0.2, -0.15) is 14.9 Å². The van der Waals surface area contributed by atoms with E-state index in [4.69, 9.17) is 16.7 Å². The van der Waals surface area contributed by atoms with Gasteiger partial charge in [-0.15, -0.1) is 0 Å². The Balaban J connectivity index is 1.48. The fourth-order valence-corrected chi connectivity index (χ4v) is 4.18. The van der Waals surface area contributed by atoms with Crippen molar-refractivity contribution in [1.82, 2.24) is 29.5 Å². The molecule has 1 aliphatic carbocycles. The summed E-state index contributed by atoms with van der Waals surface area (Å²) in [4.78, 5) is 22.6. The van der Waals surface area contributed by atoms with Gasteiger partial charge in [-0.3, -0.25) is 9.48 Å². The van der Waals surface area contributed by atoms with Gasteiger partial charge in [0.15, 0.2) is 0 Å². The molecule has 4 aromatic heterocycles. The lowest BCUT2D eigenvalue weighted by Crippen LogP contribution is -2.23. The molecule has 1 aliphatic rings. The van der Waals surface area contributed by atoms with E-state index in [-0.39, 0.29) is 5.56 Å². The predicted octanol–water partition coefficient (Wildman–Crippen LogP) is 5.39. The molecule has 0 aliphatic heterocycles. The van der Waals surface area contributed by atoms with Crippen LogP contribution in [-0.4, -0.2) is 29.5 Å². The molecule has 5 aromatic rings. The number of nitrogens with one attached hydrogen (secondary N) is 1. The molecular formula is C26H22ClN7O. The van der Waals surface area contributed by atoms with Crippen molar-refractivity contribution in [3.05, 3.63) is 87.7 Å². The van der Waals surface area contributed by atoms with Crippen LogP contribution in [0.5, 0.6) is 0 Å². The van der Waals surface area contributed by atoms with Crippen LogP contribution in [-0.2, 0) is 0 Å². The van der Waals surface area contributed by atoms with Crippen LogP contribution in [0.15, 0.2) is 65.8 Å². The van der Waals surface area contributed by atoms with E-state index >= 15 is 0 Å². The molecular weight excluding hydrogens is 462 g/mol. The summed E-state index contributed by atoms with van der Waals surface area (Å²) in [5, 5.41) is 13.8. The number of halogens is 1. The van der Waals surface area contributed by atoms with Crippen molar-refractivity contribution in [1.29, 1.82) is 0 Å². The van der Waals surface area contributed by atoms with Crippen LogP contribution in [0.4, 0.5) is 11.5 Å². The van der Waals surface area contributed by atoms with Gasteiger partial charge in [0.2, 0.25) is 0 Å². The molecule has 0 atom stereocenters. The number of pyridine rings is 2. The Hall–Kier alpha value is -4.04. The van der Waals surface area contributed by atoms with E-state index in [0.29, 0.717) is 39.2 Å². The Morgan fingerprint density at radius 1 is 1.09 bits per heavy atom. The summed E-state index contributed by atoms with van der Waals surface area (Å²) in [6, 6.07) is 13.4. The average Bonchev–Trinajstić information content (AvgIpc) is 3.60. The van der Waals surface area contributed by atoms with Gasteiger partial charge < -0.3 is 5.32 Å². The van der Waals surface area contributed by atoms with Crippen molar-refractivity contribution in [2.75, 3.05) is 5.32 Å². The van der Waals surface area contributed by atoms with Gasteiger partial charge in [0.25, 0.3) is 5.56 Å². The first-order valence-corrected chi connectivity index (χ1v) is 11.8. The Labute approximate surface area is 206 Å². The molecule has 0 saturated heterocycles. The number of benzene rings is 1. The monoisotopic (exact) mass is 483 g/mol. The summed E-state index contributed by atoms with van der Waals surface area (Å²) in [5.74, 6) is 0.590. The van der Waals surface area contributed by atoms with Crippen molar-refractivity contribution in [2.45, 2.75) is 32.7 Å². The van der Waals surface area contributed by atoms with E-state index in [9.17, 15) is 4.79 Å². The quantitative estimate of drug-likeness (QED) is 0.360. The molecule has 1 saturated carbocycles. The molecule has 0 unspecified atom stereocenters. The second kappa shape index (κ2) is 8.32. The van der Waals surface area contributed by atoms with Gasteiger partial charge in [0.05, 0.1) is 23.6 Å². The second-order valence-corrected chi connectivity index (χ2v) is 9.26. The second-order valence-electron chi connectivity index (χ2n) is 8.82. The van der Waals surface area contributed by atoms with Gasteiger partial charge in [-0.1, -0.05) is 23.7 Å². The largest absolute Gasteiger partial charge is 0.338 e. The van der Waals surface area contributed by atoms with Gasteiger partial charge in [-0.25, -0.2) is 9.97 Å². The minimum absolute atomic E-state index is 0.292. The topological polar surface area (TPSA) is 90.5 Å². The maximum atomic E-state index is 13.5. The standard InChI is InChI=1S/C26H22ClN7O/c1-15-11-22-24(17-3-5-18(27)6-4-17)32-34(26(35)25(22)30-16(15)2)21-9-10-28-23(12-21)31-19-13-29-33(14-19)20-7-8-20/h3-6,9-14,20H,7-8H2,1-2H3,(H,28,31). The number of fused-ring (bicyclic) bond motifs is 1. The number of aryl methyl sites for hydroxylation is 2. The van der Waals surface area contributed by atoms with E-state index in [1.807, 2.05) is 55.1 Å². The minimum atomic E-state index is -0.292. The van der Waals surface area contributed by atoms with Crippen LogP contribution >= 0.6 is 11.6 Å². The van der Waals surface area contributed by atoms with Crippen LogP contribution in [0.3, 0.4) is 0 Å². The zero-order valence-corrected chi connectivity index (χ0v) is 20.0. The maximum Gasteiger partial charge on any atom is 0.298 e. The average molecular weight is 484 g/mol. The molecule has 0 radical (unpaired) electrons. The molecule has 1 aromatic carbocycles. The Kier molecular flexibility index (Phi) is 5.11. The zero-order valence-electron chi connectivity index (χ0n) is 19.2. The number of anilines is 2. The highest BCUT2D eigenvalue weighted by Crippen LogP contribution is 2.35. The maximum absolute atomic E-state index is 13.5. The molecule has 1 fully saturated rings. The number of hydrogen-bond acceptors (Lipinski definition) is 6. The van der Waals surface area contributed by atoms with E-state index < -0.39 is 0 Å². The molecule has 0 amide bonds. The number of rotatable bonds is 5. The van der Waals surface area contributed by atoms with Crippen molar-refractivity contribution < 1.29 is 0 Å². The first-order chi connectivity index (χ1) is 17.0. The molecule has 1 N–H and O–H groups in total. The summed E-state index contributed by atoms with van der Waals surface area (Å²) in [6.07, 6.45) is 7.72. The van der Waals surface area contributed by atoms with Crippen molar-refractivity contribution in [2.24, 2.45) is 0 Å². The SMILES string of the molecule is Cc1cc2c(-c3ccc(Cl)cc3)nn(-c3ccnc(Nc4cnn(C5CC5)c4)c3)c(=O)c2nc1C. The normalized spacial score (nSPS) is 13.3. The van der Waals surface area contributed by atoms with Gasteiger partial charge >= 0.3 is 0 Å². The third-order valence-corrected chi connectivity index (χ3v) is 6.47. The van der Waals surface area contributed by atoms with Crippen LogP contribution in [0.2, 0.25) is 5.02 Å². The van der Waals surface area contributed by atoms with Crippen LogP contribution in [0, 0.1) is 13.8 Å². The lowest BCUT2D eigenvalue weighted by molar-refractivity contribution is 0.642. The highest BCUT2D eigenvalue weighted by molar-refractivity contribution is 6.30. The van der Waals surface area contributed by atoms with Crippen LogP contribution < -0.4 is 10.9 Å². The Morgan fingerprint density at radius 3 is 2.66 bits per heavy atom. The summed E-state index contributed by atoms with van der Waals surface area (Å²) in [7, 11) is 0. The first kappa shape index (κ1) is 21.5. The highest BCUT2D eigenvalue weighted by atomic mass is 35.5.